The average Bonchev–Trinajstić information content (AvgIpc) is 2.46. The van der Waals surface area contributed by atoms with Crippen molar-refractivity contribution in [3.05, 3.63) is 53.3 Å². The molecule has 1 aromatic carbocycles. The van der Waals surface area contributed by atoms with E-state index in [2.05, 4.69) is 76.6 Å². The summed E-state index contributed by atoms with van der Waals surface area (Å²) in [7, 11) is 1.60. The number of hydrogen-bond donors (Lipinski definition) is 1. The molecular formula is C14H10BrI2N3O2. The number of halogens is 3. The predicted molar refractivity (Wildman–Crippen MR) is 105 cm³/mol. The van der Waals surface area contributed by atoms with Gasteiger partial charge in [-0.25, -0.2) is 5.43 Å². The summed E-state index contributed by atoms with van der Waals surface area (Å²) >= 11 is 7.69. The molecular weight excluding hydrogens is 576 g/mol. The molecule has 0 spiro atoms. The number of hydrazone groups is 1. The molecule has 8 heteroatoms. The van der Waals surface area contributed by atoms with Gasteiger partial charge < -0.3 is 4.74 Å². The van der Waals surface area contributed by atoms with Crippen LogP contribution >= 0.6 is 61.1 Å². The Morgan fingerprint density at radius 2 is 2.14 bits per heavy atom. The lowest BCUT2D eigenvalue weighted by molar-refractivity contribution is 0.0954. The van der Waals surface area contributed by atoms with Crippen LogP contribution in [0.25, 0.3) is 0 Å². The van der Waals surface area contributed by atoms with Gasteiger partial charge in [-0.1, -0.05) is 0 Å². The van der Waals surface area contributed by atoms with Crippen molar-refractivity contribution >= 4 is 73.2 Å². The Morgan fingerprint density at radius 3 is 2.82 bits per heavy atom. The zero-order chi connectivity index (χ0) is 16.1. The highest BCUT2D eigenvalue weighted by Gasteiger charge is 2.08. The number of benzene rings is 1. The molecule has 5 nitrogen and oxygen atoms in total. The highest BCUT2D eigenvalue weighted by Crippen LogP contribution is 2.26. The number of nitrogens with zero attached hydrogens (tertiary/aromatic N) is 2. The Balaban J connectivity index is 2.14. The minimum absolute atomic E-state index is 0.329. The molecule has 0 aliphatic carbocycles. The van der Waals surface area contributed by atoms with E-state index in [9.17, 15) is 4.79 Å². The summed E-state index contributed by atoms with van der Waals surface area (Å²) in [6.07, 6.45) is 4.65. The molecule has 0 saturated carbocycles. The lowest BCUT2D eigenvalue weighted by atomic mass is 10.2. The lowest BCUT2D eigenvalue weighted by Gasteiger charge is -2.07. The molecule has 0 unspecified atom stereocenters. The quantitative estimate of drug-likeness (QED) is 0.337. The van der Waals surface area contributed by atoms with Gasteiger partial charge in [-0.15, -0.1) is 0 Å². The van der Waals surface area contributed by atoms with Crippen molar-refractivity contribution in [3.63, 3.8) is 0 Å². The molecule has 22 heavy (non-hydrogen) atoms. The van der Waals surface area contributed by atoms with Gasteiger partial charge in [0.25, 0.3) is 5.91 Å². The first-order chi connectivity index (χ1) is 10.5. The molecule has 1 N–H and O–H groups in total. The monoisotopic (exact) mass is 585 g/mol. The summed E-state index contributed by atoms with van der Waals surface area (Å²) in [6, 6.07) is 5.60. The van der Waals surface area contributed by atoms with Gasteiger partial charge in [0.15, 0.2) is 0 Å². The van der Waals surface area contributed by atoms with Crippen molar-refractivity contribution in [3.8, 4) is 5.75 Å². The van der Waals surface area contributed by atoms with Gasteiger partial charge in [0.05, 0.1) is 22.5 Å². The standard InChI is InChI=1S/C14H10BrI2N3O2/c1-22-13-8(3-11(16)4-12(13)17)6-19-20-14(21)9-2-10(15)7-18-5-9/h2-7H,1H3,(H,20,21)/b19-6-. The summed E-state index contributed by atoms with van der Waals surface area (Å²) in [5.41, 5.74) is 3.70. The van der Waals surface area contributed by atoms with Crippen molar-refractivity contribution in [1.29, 1.82) is 0 Å². The van der Waals surface area contributed by atoms with E-state index in [0.717, 1.165) is 22.9 Å². The normalized spacial score (nSPS) is 10.7. The van der Waals surface area contributed by atoms with Gasteiger partial charge in [-0.05, 0) is 79.3 Å². The minimum Gasteiger partial charge on any atom is -0.495 e. The largest absolute Gasteiger partial charge is 0.495 e. The number of rotatable bonds is 4. The van der Waals surface area contributed by atoms with Crippen LogP contribution in [0.4, 0.5) is 0 Å². The minimum atomic E-state index is -0.329. The molecule has 2 rings (SSSR count). The summed E-state index contributed by atoms with van der Waals surface area (Å²) in [5.74, 6) is 0.396. The molecule has 1 heterocycles. The van der Waals surface area contributed by atoms with Crippen LogP contribution in [0, 0.1) is 7.14 Å². The van der Waals surface area contributed by atoms with Crippen molar-refractivity contribution in [2.75, 3.05) is 7.11 Å². The van der Waals surface area contributed by atoms with Crippen molar-refractivity contribution in [1.82, 2.24) is 10.4 Å². The van der Waals surface area contributed by atoms with Crippen molar-refractivity contribution in [2.24, 2.45) is 5.10 Å². The van der Waals surface area contributed by atoms with Gasteiger partial charge in [0.2, 0.25) is 0 Å². The maximum absolute atomic E-state index is 12.0. The summed E-state index contributed by atoms with van der Waals surface area (Å²) in [6.45, 7) is 0. The highest BCUT2D eigenvalue weighted by atomic mass is 127. The van der Waals surface area contributed by atoms with Crippen LogP contribution in [0.1, 0.15) is 15.9 Å². The second kappa shape index (κ2) is 8.20. The number of pyridine rings is 1. The highest BCUT2D eigenvalue weighted by molar-refractivity contribution is 14.1. The molecule has 0 aliphatic rings. The molecule has 114 valence electrons. The molecule has 0 atom stereocenters. The van der Waals surface area contributed by atoms with E-state index in [1.165, 1.54) is 6.20 Å². The van der Waals surface area contributed by atoms with Gasteiger partial charge in [0.1, 0.15) is 5.75 Å². The Bertz CT molecular complexity index is 738. The fraction of sp³-hybridized carbons (Fsp3) is 0.0714. The molecule has 0 radical (unpaired) electrons. The first kappa shape index (κ1) is 17.6. The predicted octanol–water partition coefficient (Wildman–Crippen LogP) is 3.83. The van der Waals surface area contributed by atoms with E-state index in [1.807, 2.05) is 12.1 Å². The van der Waals surface area contributed by atoms with E-state index in [0.29, 0.717) is 5.56 Å². The van der Waals surface area contributed by atoms with Crippen LogP contribution in [0.15, 0.2) is 40.2 Å². The van der Waals surface area contributed by atoms with E-state index in [4.69, 9.17) is 4.74 Å². The number of aromatic nitrogens is 1. The Labute approximate surface area is 163 Å². The first-order valence-electron chi connectivity index (χ1n) is 5.98. The number of amides is 1. The maximum atomic E-state index is 12.0. The SMILES string of the molecule is COc1c(I)cc(I)cc1/C=N\NC(=O)c1cncc(Br)c1. The number of ether oxygens (including phenoxy) is 1. The fourth-order valence-electron chi connectivity index (χ4n) is 1.65. The average molecular weight is 586 g/mol. The molecule has 1 aromatic heterocycles. The van der Waals surface area contributed by atoms with Crippen LogP contribution in [0.3, 0.4) is 0 Å². The third kappa shape index (κ3) is 4.62. The summed E-state index contributed by atoms with van der Waals surface area (Å²) in [4.78, 5) is 15.9. The van der Waals surface area contributed by atoms with E-state index in [-0.39, 0.29) is 5.91 Å². The van der Waals surface area contributed by atoms with Crippen molar-refractivity contribution < 1.29 is 9.53 Å². The first-order valence-corrected chi connectivity index (χ1v) is 8.93. The van der Waals surface area contributed by atoms with Gasteiger partial charge >= 0.3 is 0 Å². The van der Waals surface area contributed by atoms with Gasteiger partial charge in [-0.3, -0.25) is 9.78 Å². The third-order valence-corrected chi connectivity index (χ3v) is 4.44. The van der Waals surface area contributed by atoms with E-state index in [1.54, 1.807) is 25.6 Å². The number of carbonyl (C=O) groups is 1. The van der Waals surface area contributed by atoms with Crippen LogP contribution in [-0.4, -0.2) is 24.2 Å². The zero-order valence-electron chi connectivity index (χ0n) is 11.3. The van der Waals surface area contributed by atoms with E-state index >= 15 is 0 Å². The Kier molecular flexibility index (Phi) is 6.56. The zero-order valence-corrected chi connectivity index (χ0v) is 17.2. The Hall–Kier alpha value is -0.750. The summed E-state index contributed by atoms with van der Waals surface area (Å²) in [5, 5.41) is 3.98. The second-order valence-corrected chi connectivity index (χ2v) is 7.42. The molecule has 1 amide bonds. The molecule has 0 fully saturated rings. The molecule has 0 bridgehead atoms. The topological polar surface area (TPSA) is 63.6 Å². The fourth-order valence-corrected chi connectivity index (χ4v) is 4.13. The smallest absolute Gasteiger partial charge is 0.272 e. The number of carbonyl (C=O) groups excluding carboxylic acids is 1. The van der Waals surface area contributed by atoms with E-state index < -0.39 is 0 Å². The second-order valence-electron chi connectivity index (χ2n) is 4.10. The molecule has 2 aromatic rings. The number of methoxy groups -OCH3 is 1. The lowest BCUT2D eigenvalue weighted by Crippen LogP contribution is -2.17. The van der Waals surface area contributed by atoms with Crippen LogP contribution in [-0.2, 0) is 0 Å². The van der Waals surface area contributed by atoms with Crippen LogP contribution in [0.2, 0.25) is 0 Å². The maximum Gasteiger partial charge on any atom is 0.272 e. The van der Waals surface area contributed by atoms with Gasteiger partial charge in [-0.2, -0.15) is 5.10 Å². The molecule has 0 aliphatic heterocycles. The number of hydrogen-bond acceptors (Lipinski definition) is 4. The third-order valence-electron chi connectivity index (χ3n) is 2.58. The number of nitrogens with one attached hydrogen (secondary N) is 1. The van der Waals surface area contributed by atoms with Crippen molar-refractivity contribution in [2.45, 2.75) is 0 Å². The summed E-state index contributed by atoms with van der Waals surface area (Å²) < 4.78 is 8.14. The molecule has 0 saturated heterocycles. The van der Waals surface area contributed by atoms with Crippen LogP contribution in [0.5, 0.6) is 5.75 Å². The van der Waals surface area contributed by atoms with Crippen LogP contribution < -0.4 is 10.2 Å². The van der Waals surface area contributed by atoms with Gasteiger partial charge in [0, 0.05) is 26.0 Å². The Morgan fingerprint density at radius 1 is 1.36 bits per heavy atom.